The van der Waals surface area contributed by atoms with E-state index in [-0.39, 0.29) is 17.9 Å². The lowest BCUT2D eigenvalue weighted by Gasteiger charge is -2.36. The van der Waals surface area contributed by atoms with Gasteiger partial charge >= 0.3 is 0 Å². The van der Waals surface area contributed by atoms with Crippen molar-refractivity contribution in [2.24, 2.45) is 5.92 Å². The summed E-state index contributed by atoms with van der Waals surface area (Å²) in [5.74, 6) is 0.291. The summed E-state index contributed by atoms with van der Waals surface area (Å²) in [5, 5.41) is 6.15. The molecular formula is C13H21N3OS. The summed E-state index contributed by atoms with van der Waals surface area (Å²) < 4.78 is 0. The van der Waals surface area contributed by atoms with Crippen molar-refractivity contribution >= 4 is 17.2 Å². The Morgan fingerprint density at radius 1 is 1.67 bits per heavy atom. The number of likely N-dealkylation sites (tertiary alicyclic amines) is 1. The normalized spacial score (nSPS) is 21.9. The molecule has 0 spiro atoms. The molecule has 2 rings (SSSR count). The zero-order valence-corrected chi connectivity index (χ0v) is 11.9. The summed E-state index contributed by atoms with van der Waals surface area (Å²) >= 11 is 1.66. The summed E-state index contributed by atoms with van der Waals surface area (Å²) in [6, 6.07) is 0.200. The van der Waals surface area contributed by atoms with Crippen LogP contribution in [0.3, 0.4) is 0 Å². The minimum Gasteiger partial charge on any atom is -0.333 e. The lowest BCUT2D eigenvalue weighted by molar-refractivity contribution is -0.138. The molecule has 1 saturated heterocycles. The van der Waals surface area contributed by atoms with E-state index < -0.39 is 0 Å². The zero-order chi connectivity index (χ0) is 13.0. The second-order valence-electron chi connectivity index (χ2n) is 4.87. The van der Waals surface area contributed by atoms with Crippen molar-refractivity contribution in [2.75, 3.05) is 20.1 Å². The number of hydrogen-bond acceptors (Lipinski definition) is 4. The molecule has 2 heterocycles. The van der Waals surface area contributed by atoms with Gasteiger partial charge in [0.05, 0.1) is 6.04 Å². The first kappa shape index (κ1) is 13.5. The molecular weight excluding hydrogens is 246 g/mol. The molecule has 1 amide bonds. The molecule has 0 radical (unpaired) electrons. The summed E-state index contributed by atoms with van der Waals surface area (Å²) in [7, 11) is 1.89. The van der Waals surface area contributed by atoms with Crippen LogP contribution in [0.2, 0.25) is 0 Å². The number of carbonyl (C=O) groups is 1. The number of carbonyl (C=O) groups excluding carboxylic acids is 1. The van der Waals surface area contributed by atoms with Crippen LogP contribution in [0.25, 0.3) is 0 Å². The van der Waals surface area contributed by atoms with Gasteiger partial charge in [0.25, 0.3) is 0 Å². The Labute approximate surface area is 112 Å². The van der Waals surface area contributed by atoms with Crippen LogP contribution in [0.1, 0.15) is 37.2 Å². The van der Waals surface area contributed by atoms with Crippen LogP contribution >= 0.6 is 11.3 Å². The number of nitrogens with one attached hydrogen (secondary N) is 1. The third-order valence-electron chi connectivity index (χ3n) is 3.45. The number of thiazole rings is 1. The molecule has 1 aromatic rings. The third kappa shape index (κ3) is 2.90. The fourth-order valence-electron chi connectivity index (χ4n) is 2.53. The highest BCUT2D eigenvalue weighted by atomic mass is 32.1. The largest absolute Gasteiger partial charge is 0.333 e. The van der Waals surface area contributed by atoms with Crippen LogP contribution in [-0.4, -0.2) is 35.9 Å². The molecule has 100 valence electrons. The molecule has 18 heavy (non-hydrogen) atoms. The van der Waals surface area contributed by atoms with Crippen LogP contribution in [0.15, 0.2) is 11.6 Å². The highest BCUT2D eigenvalue weighted by Crippen LogP contribution is 2.32. The Hall–Kier alpha value is -0.940. The maximum atomic E-state index is 12.5. The van der Waals surface area contributed by atoms with Crippen LogP contribution < -0.4 is 5.32 Å². The molecule has 1 fully saturated rings. The van der Waals surface area contributed by atoms with Gasteiger partial charge in [-0.2, -0.15) is 0 Å². The minimum atomic E-state index is 0.0376. The molecule has 0 bridgehead atoms. The molecule has 2 atom stereocenters. The molecule has 2 unspecified atom stereocenters. The van der Waals surface area contributed by atoms with E-state index in [1.165, 1.54) is 6.42 Å². The standard InChI is InChI=1S/C13H21N3OS/c1-10(9-14-2)13(17)16-7-4-3-5-11(16)12-15-6-8-18-12/h6,8,10-11,14H,3-5,7,9H2,1-2H3. The molecule has 1 N–H and O–H groups in total. The quantitative estimate of drug-likeness (QED) is 0.908. The Bertz CT molecular complexity index is 380. The van der Waals surface area contributed by atoms with Crippen LogP contribution in [0.5, 0.6) is 0 Å². The lowest BCUT2D eigenvalue weighted by atomic mass is 10.00. The molecule has 0 aliphatic carbocycles. The smallest absolute Gasteiger partial charge is 0.227 e. The lowest BCUT2D eigenvalue weighted by Crippen LogP contribution is -2.43. The van der Waals surface area contributed by atoms with Gasteiger partial charge < -0.3 is 10.2 Å². The molecule has 1 aromatic heterocycles. The monoisotopic (exact) mass is 267 g/mol. The molecule has 4 nitrogen and oxygen atoms in total. The van der Waals surface area contributed by atoms with E-state index in [9.17, 15) is 4.79 Å². The van der Waals surface area contributed by atoms with E-state index in [1.54, 1.807) is 11.3 Å². The Morgan fingerprint density at radius 3 is 3.17 bits per heavy atom. The first-order valence-electron chi connectivity index (χ1n) is 6.58. The van der Waals surface area contributed by atoms with Crippen LogP contribution in [0.4, 0.5) is 0 Å². The molecule has 5 heteroatoms. The summed E-state index contributed by atoms with van der Waals surface area (Å²) in [4.78, 5) is 18.9. The van der Waals surface area contributed by atoms with E-state index in [0.717, 1.165) is 30.9 Å². The van der Waals surface area contributed by atoms with Crippen molar-refractivity contribution in [1.82, 2.24) is 15.2 Å². The highest BCUT2D eigenvalue weighted by molar-refractivity contribution is 7.09. The van der Waals surface area contributed by atoms with Crippen molar-refractivity contribution in [2.45, 2.75) is 32.2 Å². The molecule has 1 aliphatic heterocycles. The van der Waals surface area contributed by atoms with E-state index >= 15 is 0 Å². The fourth-order valence-corrected chi connectivity index (χ4v) is 3.31. The Kier molecular flexibility index (Phi) is 4.72. The summed E-state index contributed by atoms with van der Waals surface area (Å²) in [5.41, 5.74) is 0. The van der Waals surface area contributed by atoms with Gasteiger partial charge in [-0.1, -0.05) is 6.92 Å². The number of amides is 1. The van der Waals surface area contributed by atoms with Crippen molar-refractivity contribution in [1.29, 1.82) is 0 Å². The van der Waals surface area contributed by atoms with Gasteiger partial charge in [-0.3, -0.25) is 4.79 Å². The fraction of sp³-hybridized carbons (Fsp3) is 0.692. The van der Waals surface area contributed by atoms with E-state index in [1.807, 2.05) is 30.4 Å². The van der Waals surface area contributed by atoms with E-state index in [2.05, 4.69) is 10.3 Å². The molecule has 0 saturated carbocycles. The average molecular weight is 267 g/mol. The topological polar surface area (TPSA) is 45.2 Å². The maximum Gasteiger partial charge on any atom is 0.227 e. The Balaban J connectivity index is 2.10. The minimum absolute atomic E-state index is 0.0376. The van der Waals surface area contributed by atoms with Gasteiger partial charge in [-0.05, 0) is 26.3 Å². The number of hydrogen-bond donors (Lipinski definition) is 1. The van der Waals surface area contributed by atoms with Crippen molar-refractivity contribution in [3.63, 3.8) is 0 Å². The van der Waals surface area contributed by atoms with E-state index in [4.69, 9.17) is 0 Å². The second kappa shape index (κ2) is 6.29. The Morgan fingerprint density at radius 2 is 2.50 bits per heavy atom. The van der Waals surface area contributed by atoms with Crippen molar-refractivity contribution in [3.8, 4) is 0 Å². The van der Waals surface area contributed by atoms with Gasteiger partial charge in [-0.25, -0.2) is 4.98 Å². The number of piperidine rings is 1. The van der Waals surface area contributed by atoms with Crippen molar-refractivity contribution in [3.05, 3.63) is 16.6 Å². The van der Waals surface area contributed by atoms with Crippen molar-refractivity contribution < 1.29 is 4.79 Å². The maximum absolute atomic E-state index is 12.5. The molecule has 1 aliphatic rings. The SMILES string of the molecule is CNCC(C)C(=O)N1CCCCC1c1nccs1. The number of rotatable bonds is 4. The van der Waals surface area contributed by atoms with E-state index in [0.29, 0.717) is 0 Å². The predicted molar refractivity (Wildman–Crippen MR) is 73.5 cm³/mol. The third-order valence-corrected chi connectivity index (χ3v) is 4.33. The van der Waals surface area contributed by atoms with Gasteiger partial charge in [0.15, 0.2) is 0 Å². The van der Waals surface area contributed by atoms with Crippen LogP contribution in [-0.2, 0) is 4.79 Å². The first-order valence-corrected chi connectivity index (χ1v) is 7.46. The highest BCUT2D eigenvalue weighted by Gasteiger charge is 2.31. The van der Waals surface area contributed by atoms with Gasteiger partial charge in [0, 0.05) is 30.6 Å². The zero-order valence-electron chi connectivity index (χ0n) is 11.1. The van der Waals surface area contributed by atoms with Gasteiger partial charge in [0.2, 0.25) is 5.91 Å². The number of nitrogens with zero attached hydrogens (tertiary/aromatic N) is 2. The predicted octanol–water partition coefficient (Wildman–Crippen LogP) is 2.05. The summed E-state index contributed by atoms with van der Waals surface area (Å²) in [6.07, 6.45) is 5.17. The van der Waals surface area contributed by atoms with Crippen LogP contribution in [0, 0.1) is 5.92 Å². The second-order valence-corrected chi connectivity index (χ2v) is 5.80. The average Bonchev–Trinajstić information content (AvgIpc) is 2.92. The van der Waals surface area contributed by atoms with Gasteiger partial charge in [0.1, 0.15) is 5.01 Å². The van der Waals surface area contributed by atoms with Gasteiger partial charge in [-0.15, -0.1) is 11.3 Å². The first-order chi connectivity index (χ1) is 8.74. The number of aromatic nitrogens is 1. The molecule has 0 aromatic carbocycles. The summed E-state index contributed by atoms with van der Waals surface area (Å²) in [6.45, 7) is 3.60.